The molecule has 1 rings (SSSR count). The van der Waals surface area contributed by atoms with Gasteiger partial charge in [-0.15, -0.1) is 0 Å². The molecule has 1 unspecified atom stereocenters. The second-order valence-corrected chi connectivity index (χ2v) is 4.30. The van der Waals surface area contributed by atoms with E-state index in [1.165, 1.54) is 0 Å². The lowest BCUT2D eigenvalue weighted by atomic mass is 10.1. The molecule has 0 spiro atoms. The number of carboxylic acid groups (broad SMARTS) is 1. The van der Waals surface area contributed by atoms with E-state index >= 15 is 0 Å². The van der Waals surface area contributed by atoms with Crippen LogP contribution in [0.3, 0.4) is 0 Å². The molecule has 2 N–H and O–H groups in total. The first-order valence-electron chi connectivity index (χ1n) is 5.60. The first kappa shape index (κ1) is 13.0. The van der Waals surface area contributed by atoms with Gasteiger partial charge < -0.3 is 15.2 Å². The van der Waals surface area contributed by atoms with Gasteiger partial charge in [-0.1, -0.05) is 13.3 Å². The minimum atomic E-state index is -1.15. The minimum Gasteiger partial charge on any atom is -0.480 e. The van der Waals surface area contributed by atoms with Crippen molar-refractivity contribution in [2.45, 2.75) is 38.6 Å². The van der Waals surface area contributed by atoms with Gasteiger partial charge in [0.25, 0.3) is 0 Å². The fourth-order valence-corrected chi connectivity index (χ4v) is 1.73. The summed E-state index contributed by atoms with van der Waals surface area (Å²) < 4.78 is 4.99. The summed E-state index contributed by atoms with van der Waals surface area (Å²) in [6.45, 7) is 2.44. The van der Waals surface area contributed by atoms with Crippen LogP contribution in [-0.2, 0) is 14.3 Å². The van der Waals surface area contributed by atoms with Crippen molar-refractivity contribution in [1.82, 2.24) is 5.32 Å². The zero-order valence-electron chi connectivity index (χ0n) is 9.78. The monoisotopic (exact) mass is 229 g/mol. The molecule has 5 heteroatoms. The highest BCUT2D eigenvalue weighted by atomic mass is 16.5. The summed E-state index contributed by atoms with van der Waals surface area (Å²) in [7, 11) is 1.57. The number of methoxy groups -OCH3 is 1. The molecule has 1 aliphatic rings. The van der Waals surface area contributed by atoms with Crippen LogP contribution in [-0.4, -0.2) is 36.7 Å². The number of carboxylic acids is 1. The fraction of sp³-hybridized carbons (Fsp3) is 0.818. The van der Waals surface area contributed by atoms with E-state index in [4.69, 9.17) is 9.84 Å². The van der Waals surface area contributed by atoms with Crippen LogP contribution in [0.5, 0.6) is 0 Å². The van der Waals surface area contributed by atoms with Gasteiger partial charge in [-0.05, 0) is 19.3 Å². The number of aliphatic carboxylic acids is 1. The first-order chi connectivity index (χ1) is 7.56. The van der Waals surface area contributed by atoms with E-state index in [0.29, 0.717) is 19.4 Å². The Morgan fingerprint density at radius 3 is 2.50 bits per heavy atom. The Hall–Kier alpha value is -1.10. The van der Waals surface area contributed by atoms with Crippen molar-refractivity contribution in [3.05, 3.63) is 0 Å². The number of hydrogen-bond donors (Lipinski definition) is 2. The molecule has 0 heterocycles. The standard InChI is InChI=1S/C11H19NO4/c1-3-4-8(7-16-2)12-9(13)11(5-6-11)10(14)15/h8H,3-7H2,1-2H3,(H,12,13)(H,14,15). The highest BCUT2D eigenvalue weighted by Gasteiger charge is 2.57. The molecule has 5 nitrogen and oxygen atoms in total. The second-order valence-electron chi connectivity index (χ2n) is 4.30. The Morgan fingerprint density at radius 2 is 2.12 bits per heavy atom. The summed E-state index contributed by atoms with van der Waals surface area (Å²) in [5, 5.41) is 11.7. The smallest absolute Gasteiger partial charge is 0.319 e. The molecule has 1 atom stereocenters. The molecule has 1 amide bonds. The molecule has 1 saturated carbocycles. The van der Waals surface area contributed by atoms with Gasteiger partial charge in [0.1, 0.15) is 5.41 Å². The number of carbonyl (C=O) groups is 2. The van der Waals surface area contributed by atoms with E-state index in [1.807, 2.05) is 6.92 Å². The van der Waals surface area contributed by atoms with Crippen LogP contribution in [0.1, 0.15) is 32.6 Å². The van der Waals surface area contributed by atoms with E-state index in [2.05, 4.69) is 5.32 Å². The van der Waals surface area contributed by atoms with E-state index in [0.717, 1.165) is 12.8 Å². The van der Waals surface area contributed by atoms with Gasteiger partial charge in [0.15, 0.2) is 0 Å². The predicted octanol–water partition coefficient (Wildman–Crippen LogP) is 0.782. The zero-order chi connectivity index (χ0) is 12.2. The Kier molecular flexibility index (Phi) is 4.29. The van der Waals surface area contributed by atoms with E-state index in [9.17, 15) is 9.59 Å². The lowest BCUT2D eigenvalue weighted by Crippen LogP contribution is -2.44. The Labute approximate surface area is 95.2 Å². The number of amides is 1. The van der Waals surface area contributed by atoms with Gasteiger partial charge in [-0.2, -0.15) is 0 Å². The molecular formula is C11H19NO4. The van der Waals surface area contributed by atoms with Gasteiger partial charge in [0, 0.05) is 7.11 Å². The van der Waals surface area contributed by atoms with Crippen LogP contribution >= 0.6 is 0 Å². The van der Waals surface area contributed by atoms with Crippen molar-refractivity contribution in [3.8, 4) is 0 Å². The third-order valence-electron chi connectivity index (χ3n) is 2.93. The third-order valence-corrected chi connectivity index (χ3v) is 2.93. The Bertz CT molecular complexity index is 267. The average Bonchev–Trinajstić information content (AvgIpc) is 2.98. The van der Waals surface area contributed by atoms with Crippen molar-refractivity contribution in [2.24, 2.45) is 5.41 Å². The fourth-order valence-electron chi connectivity index (χ4n) is 1.73. The maximum atomic E-state index is 11.8. The van der Waals surface area contributed by atoms with Gasteiger partial charge >= 0.3 is 5.97 Å². The van der Waals surface area contributed by atoms with Crippen LogP contribution in [0.25, 0.3) is 0 Å². The lowest BCUT2D eigenvalue weighted by molar-refractivity contribution is -0.149. The molecule has 1 aliphatic carbocycles. The molecule has 0 saturated heterocycles. The molecule has 0 bridgehead atoms. The predicted molar refractivity (Wildman–Crippen MR) is 58.0 cm³/mol. The molecule has 0 aromatic rings. The lowest BCUT2D eigenvalue weighted by Gasteiger charge is -2.19. The van der Waals surface area contributed by atoms with Gasteiger partial charge in [-0.3, -0.25) is 9.59 Å². The number of ether oxygens (including phenoxy) is 1. The summed E-state index contributed by atoms with van der Waals surface area (Å²) >= 11 is 0. The Morgan fingerprint density at radius 1 is 1.50 bits per heavy atom. The quantitative estimate of drug-likeness (QED) is 0.633. The molecule has 0 aromatic heterocycles. The van der Waals surface area contributed by atoms with Crippen LogP contribution in [0.15, 0.2) is 0 Å². The third kappa shape index (κ3) is 2.72. The van der Waals surface area contributed by atoms with Crippen LogP contribution in [0.4, 0.5) is 0 Å². The zero-order valence-corrected chi connectivity index (χ0v) is 9.78. The summed E-state index contributed by atoms with van der Waals surface area (Å²) in [4.78, 5) is 22.7. The SMILES string of the molecule is CCCC(COC)NC(=O)C1(C(=O)O)CC1. The van der Waals surface area contributed by atoms with Crippen LogP contribution < -0.4 is 5.32 Å². The van der Waals surface area contributed by atoms with Gasteiger partial charge in [0.2, 0.25) is 5.91 Å². The maximum absolute atomic E-state index is 11.8. The highest BCUT2D eigenvalue weighted by Crippen LogP contribution is 2.46. The normalized spacial score (nSPS) is 18.9. The van der Waals surface area contributed by atoms with Crippen molar-refractivity contribution < 1.29 is 19.4 Å². The molecule has 1 fully saturated rings. The van der Waals surface area contributed by atoms with Gasteiger partial charge in [0.05, 0.1) is 12.6 Å². The van der Waals surface area contributed by atoms with Gasteiger partial charge in [-0.25, -0.2) is 0 Å². The van der Waals surface area contributed by atoms with Crippen molar-refractivity contribution in [3.63, 3.8) is 0 Å². The second kappa shape index (κ2) is 5.30. The van der Waals surface area contributed by atoms with Crippen molar-refractivity contribution >= 4 is 11.9 Å². The van der Waals surface area contributed by atoms with Crippen LogP contribution in [0.2, 0.25) is 0 Å². The summed E-state index contributed by atoms with van der Waals surface area (Å²) in [5.41, 5.74) is -1.15. The van der Waals surface area contributed by atoms with Crippen LogP contribution in [0, 0.1) is 5.41 Å². The van der Waals surface area contributed by atoms with E-state index in [-0.39, 0.29) is 11.9 Å². The summed E-state index contributed by atoms with van der Waals surface area (Å²) in [5.74, 6) is -1.38. The molecule has 0 radical (unpaired) electrons. The summed E-state index contributed by atoms with van der Waals surface area (Å²) in [6, 6.07) is -0.0840. The highest BCUT2D eigenvalue weighted by molar-refractivity contribution is 6.04. The summed E-state index contributed by atoms with van der Waals surface area (Å²) in [6.07, 6.45) is 2.61. The molecular weight excluding hydrogens is 210 g/mol. The topological polar surface area (TPSA) is 75.6 Å². The molecule has 0 aromatic carbocycles. The first-order valence-corrected chi connectivity index (χ1v) is 5.60. The molecule has 0 aliphatic heterocycles. The maximum Gasteiger partial charge on any atom is 0.319 e. The molecule has 92 valence electrons. The number of carbonyl (C=O) groups excluding carboxylic acids is 1. The number of rotatable bonds is 7. The average molecular weight is 229 g/mol. The number of nitrogens with one attached hydrogen (secondary N) is 1. The molecule has 16 heavy (non-hydrogen) atoms. The van der Waals surface area contributed by atoms with E-state index < -0.39 is 11.4 Å². The number of hydrogen-bond acceptors (Lipinski definition) is 3. The van der Waals surface area contributed by atoms with Crippen molar-refractivity contribution in [2.75, 3.05) is 13.7 Å². The Balaban J connectivity index is 2.51. The largest absolute Gasteiger partial charge is 0.480 e. The van der Waals surface area contributed by atoms with E-state index in [1.54, 1.807) is 7.11 Å². The minimum absolute atomic E-state index is 0.0840. The van der Waals surface area contributed by atoms with Crippen molar-refractivity contribution in [1.29, 1.82) is 0 Å².